The Kier molecular flexibility index (Phi) is 9.09. The number of carbonyl (C=O) groups is 2. The van der Waals surface area contributed by atoms with Gasteiger partial charge >= 0.3 is 5.97 Å². The molecule has 1 aliphatic heterocycles. The molecule has 0 aliphatic carbocycles. The van der Waals surface area contributed by atoms with E-state index in [1.807, 2.05) is 37.3 Å². The summed E-state index contributed by atoms with van der Waals surface area (Å²) in [5.74, 6) is -0.839. The highest BCUT2D eigenvalue weighted by Gasteiger charge is 2.36. The Bertz CT molecular complexity index is 954. The van der Waals surface area contributed by atoms with Crippen molar-refractivity contribution in [1.82, 2.24) is 10.3 Å². The Morgan fingerprint density at radius 1 is 1.24 bits per heavy atom. The topological polar surface area (TPSA) is 116 Å². The molecule has 3 rings (SSSR count). The first-order chi connectivity index (χ1) is 16.4. The van der Waals surface area contributed by atoms with E-state index in [2.05, 4.69) is 10.3 Å². The van der Waals surface area contributed by atoms with Gasteiger partial charge in [-0.1, -0.05) is 25.1 Å². The molecule has 1 aliphatic rings. The van der Waals surface area contributed by atoms with Crippen LogP contribution in [-0.4, -0.2) is 60.0 Å². The van der Waals surface area contributed by atoms with Crippen LogP contribution >= 0.6 is 0 Å². The van der Waals surface area contributed by atoms with Crippen LogP contribution in [0.1, 0.15) is 50.0 Å². The van der Waals surface area contributed by atoms with E-state index >= 15 is 0 Å². The van der Waals surface area contributed by atoms with Gasteiger partial charge in [0.05, 0.1) is 7.11 Å². The van der Waals surface area contributed by atoms with Crippen molar-refractivity contribution >= 4 is 11.9 Å². The van der Waals surface area contributed by atoms with E-state index in [0.29, 0.717) is 31.6 Å². The minimum absolute atomic E-state index is 0.114. The predicted octanol–water partition coefficient (Wildman–Crippen LogP) is 3.25. The smallest absolute Gasteiger partial charge is 0.329 e. The summed E-state index contributed by atoms with van der Waals surface area (Å²) in [5.41, 5.74) is -0.227. The van der Waals surface area contributed by atoms with Crippen LogP contribution in [0.25, 0.3) is 0 Å². The summed E-state index contributed by atoms with van der Waals surface area (Å²) in [6.07, 6.45) is 2.25. The third-order valence-electron chi connectivity index (χ3n) is 5.57. The third-order valence-corrected chi connectivity index (χ3v) is 5.57. The standard InChI is InChI=1S/C25H32N2O7/c1-4-15-32-23-16(2)33-25(30)18(11-8-12-20(23)34-17-9-6-5-7-10-17)27-24(29)21-22(28)19(31-3)13-14-26-21/h5-7,9-10,13-14,16,18,20,23,28H,4,8,11-12,15H2,1-3H3,(H,27,29)/t16-,18-,20-,23-/m0/s1. The Morgan fingerprint density at radius 2 is 2.00 bits per heavy atom. The number of pyridine rings is 1. The van der Waals surface area contributed by atoms with E-state index in [1.165, 1.54) is 19.4 Å². The minimum atomic E-state index is -0.912. The Morgan fingerprint density at radius 3 is 2.71 bits per heavy atom. The molecule has 1 amide bonds. The number of aromatic hydroxyl groups is 1. The van der Waals surface area contributed by atoms with Crippen LogP contribution in [0.2, 0.25) is 0 Å². The van der Waals surface area contributed by atoms with Crippen LogP contribution < -0.4 is 14.8 Å². The van der Waals surface area contributed by atoms with Crippen LogP contribution in [0, 0.1) is 0 Å². The lowest BCUT2D eigenvalue weighted by molar-refractivity contribution is -0.162. The third kappa shape index (κ3) is 6.38. The lowest BCUT2D eigenvalue weighted by Crippen LogP contribution is -2.46. The number of cyclic esters (lactones) is 1. The summed E-state index contributed by atoms with van der Waals surface area (Å²) in [6, 6.07) is 9.96. The van der Waals surface area contributed by atoms with Crippen molar-refractivity contribution in [2.45, 2.75) is 63.9 Å². The number of aromatic nitrogens is 1. The summed E-state index contributed by atoms with van der Waals surface area (Å²) >= 11 is 0. The van der Waals surface area contributed by atoms with Crippen molar-refractivity contribution < 1.29 is 33.6 Å². The number of nitrogens with zero attached hydrogens (tertiary/aromatic N) is 1. The van der Waals surface area contributed by atoms with Gasteiger partial charge in [-0.15, -0.1) is 0 Å². The van der Waals surface area contributed by atoms with Gasteiger partial charge in [-0.25, -0.2) is 9.78 Å². The number of hydrogen-bond donors (Lipinski definition) is 2. The highest BCUT2D eigenvalue weighted by molar-refractivity contribution is 5.97. The first-order valence-electron chi connectivity index (χ1n) is 11.5. The lowest BCUT2D eigenvalue weighted by Gasteiger charge is -2.31. The molecule has 2 N–H and O–H groups in total. The molecule has 1 aromatic carbocycles. The largest absolute Gasteiger partial charge is 0.503 e. The maximum Gasteiger partial charge on any atom is 0.329 e. The fourth-order valence-electron chi connectivity index (χ4n) is 3.86. The quantitative estimate of drug-likeness (QED) is 0.563. The second-order valence-electron chi connectivity index (χ2n) is 8.11. The van der Waals surface area contributed by atoms with Gasteiger partial charge in [-0.3, -0.25) is 4.79 Å². The van der Waals surface area contributed by atoms with E-state index in [0.717, 1.165) is 6.42 Å². The molecule has 2 heterocycles. The van der Waals surface area contributed by atoms with Crippen molar-refractivity contribution in [2.24, 2.45) is 0 Å². The Hall–Kier alpha value is -3.33. The molecule has 1 fully saturated rings. The average Bonchev–Trinajstić information content (AvgIpc) is 2.88. The van der Waals surface area contributed by atoms with Crippen LogP contribution in [0.5, 0.6) is 17.2 Å². The Balaban J connectivity index is 1.76. The van der Waals surface area contributed by atoms with Gasteiger partial charge in [0.25, 0.3) is 5.91 Å². The number of benzene rings is 1. The molecule has 34 heavy (non-hydrogen) atoms. The van der Waals surface area contributed by atoms with Crippen LogP contribution in [0.4, 0.5) is 0 Å². The normalized spacial score (nSPS) is 23.1. The number of ether oxygens (including phenoxy) is 4. The van der Waals surface area contributed by atoms with Crippen molar-refractivity contribution in [3.63, 3.8) is 0 Å². The molecule has 0 unspecified atom stereocenters. The molecule has 4 atom stereocenters. The lowest BCUT2D eigenvalue weighted by atomic mass is 10.0. The van der Waals surface area contributed by atoms with Crippen molar-refractivity contribution in [2.75, 3.05) is 13.7 Å². The van der Waals surface area contributed by atoms with Crippen LogP contribution in [0.3, 0.4) is 0 Å². The molecule has 0 spiro atoms. The van der Waals surface area contributed by atoms with E-state index in [1.54, 1.807) is 6.92 Å². The molecule has 184 valence electrons. The zero-order valence-electron chi connectivity index (χ0n) is 19.7. The van der Waals surface area contributed by atoms with Crippen LogP contribution in [0.15, 0.2) is 42.6 Å². The van der Waals surface area contributed by atoms with Crippen LogP contribution in [-0.2, 0) is 14.3 Å². The zero-order valence-corrected chi connectivity index (χ0v) is 19.7. The van der Waals surface area contributed by atoms with Gasteiger partial charge in [0.15, 0.2) is 17.2 Å². The molecular weight excluding hydrogens is 440 g/mol. The van der Waals surface area contributed by atoms with E-state index in [4.69, 9.17) is 18.9 Å². The first kappa shape index (κ1) is 25.3. The molecule has 0 saturated carbocycles. The monoisotopic (exact) mass is 472 g/mol. The summed E-state index contributed by atoms with van der Waals surface area (Å²) in [7, 11) is 1.37. The highest BCUT2D eigenvalue weighted by atomic mass is 16.6. The van der Waals surface area contributed by atoms with Crippen molar-refractivity contribution in [3.8, 4) is 17.2 Å². The Labute approximate surface area is 199 Å². The van der Waals surface area contributed by atoms with E-state index < -0.39 is 35.9 Å². The molecule has 1 aromatic heterocycles. The molecule has 9 heteroatoms. The van der Waals surface area contributed by atoms with Gasteiger partial charge in [-0.2, -0.15) is 0 Å². The highest BCUT2D eigenvalue weighted by Crippen LogP contribution is 2.28. The van der Waals surface area contributed by atoms with Gasteiger partial charge < -0.3 is 29.4 Å². The number of hydrogen-bond acceptors (Lipinski definition) is 8. The number of rotatable bonds is 8. The second kappa shape index (κ2) is 12.2. The summed E-state index contributed by atoms with van der Waals surface area (Å²) in [5, 5.41) is 12.9. The molecular formula is C25H32N2O7. The first-order valence-corrected chi connectivity index (χ1v) is 11.5. The molecule has 1 saturated heterocycles. The number of amides is 1. The fourth-order valence-corrected chi connectivity index (χ4v) is 3.86. The minimum Gasteiger partial charge on any atom is -0.503 e. The molecule has 2 aromatic rings. The van der Waals surface area contributed by atoms with E-state index in [9.17, 15) is 14.7 Å². The predicted molar refractivity (Wildman–Crippen MR) is 124 cm³/mol. The van der Waals surface area contributed by atoms with Crippen molar-refractivity contribution in [3.05, 3.63) is 48.3 Å². The van der Waals surface area contributed by atoms with E-state index in [-0.39, 0.29) is 17.5 Å². The van der Waals surface area contributed by atoms with Gasteiger partial charge in [0, 0.05) is 18.9 Å². The van der Waals surface area contributed by atoms with Gasteiger partial charge in [-0.05, 0) is 44.7 Å². The van der Waals surface area contributed by atoms with Crippen molar-refractivity contribution in [1.29, 1.82) is 0 Å². The fraction of sp³-hybridized carbons (Fsp3) is 0.480. The number of methoxy groups -OCH3 is 1. The molecule has 9 nitrogen and oxygen atoms in total. The van der Waals surface area contributed by atoms with Gasteiger partial charge in [0.2, 0.25) is 0 Å². The van der Waals surface area contributed by atoms with Gasteiger partial charge in [0.1, 0.15) is 30.1 Å². The maximum absolute atomic E-state index is 12.9. The molecule has 0 bridgehead atoms. The summed E-state index contributed by atoms with van der Waals surface area (Å²) in [6.45, 7) is 4.27. The zero-order chi connectivity index (χ0) is 24.5. The SMILES string of the molecule is CCCO[C@H]1[C@H](C)OC(=O)[C@@H](NC(=O)c2nccc(OC)c2O)CCC[C@@H]1Oc1ccccc1. The number of nitrogens with one attached hydrogen (secondary N) is 1. The number of carbonyl (C=O) groups excluding carboxylic acids is 2. The molecule has 0 radical (unpaired) electrons. The number of para-hydroxylation sites is 1. The summed E-state index contributed by atoms with van der Waals surface area (Å²) < 4.78 is 23.0. The summed E-state index contributed by atoms with van der Waals surface area (Å²) in [4.78, 5) is 29.6. The number of esters is 1. The maximum atomic E-state index is 12.9. The average molecular weight is 473 g/mol. The second-order valence-corrected chi connectivity index (χ2v) is 8.11.